The van der Waals surface area contributed by atoms with Crippen LogP contribution in [0.15, 0.2) is 16.7 Å². The second kappa shape index (κ2) is 13.3. The highest BCUT2D eigenvalue weighted by molar-refractivity contribution is 5.74. The van der Waals surface area contributed by atoms with Crippen molar-refractivity contribution in [2.75, 3.05) is 0 Å². The third kappa shape index (κ3) is 9.55. The van der Waals surface area contributed by atoms with E-state index in [-0.39, 0.29) is 30.2 Å². The van der Waals surface area contributed by atoms with Gasteiger partial charge in [-0.2, -0.15) is 13.2 Å². The van der Waals surface area contributed by atoms with E-state index in [1.807, 2.05) is 6.07 Å². The lowest BCUT2D eigenvalue weighted by Gasteiger charge is -2.36. The number of hydrogen-bond donors (Lipinski definition) is 3. The lowest BCUT2D eigenvalue weighted by Crippen LogP contribution is -2.56. The molecule has 1 amide bonds. The number of carbonyl (C=O) groups excluding carboxylic acids is 1. The molecule has 33 heavy (non-hydrogen) atoms. The van der Waals surface area contributed by atoms with Crippen LogP contribution in [-0.4, -0.2) is 52.6 Å². The zero-order valence-corrected chi connectivity index (χ0v) is 19.4. The maximum atomic E-state index is 11.6. The molecular weight excluding hydrogens is 443 g/mol. The van der Waals surface area contributed by atoms with Crippen molar-refractivity contribution in [1.29, 1.82) is 0 Å². The lowest BCUT2D eigenvalue weighted by molar-refractivity contribution is -0.192. The van der Waals surface area contributed by atoms with Crippen LogP contribution >= 0.6 is 0 Å². The third-order valence-corrected chi connectivity index (χ3v) is 5.17. The Morgan fingerprint density at radius 2 is 1.94 bits per heavy atom. The number of nitrogens with zero attached hydrogens (tertiary/aromatic N) is 1. The Morgan fingerprint density at radius 1 is 1.33 bits per heavy atom. The number of carboxylic acids is 1. The molecule has 4 N–H and O–H groups in total. The summed E-state index contributed by atoms with van der Waals surface area (Å²) in [5.74, 6) is -1.95. The van der Waals surface area contributed by atoms with Crippen molar-refractivity contribution < 1.29 is 37.1 Å². The average molecular weight is 478 g/mol. The maximum Gasteiger partial charge on any atom is 0.490 e. The van der Waals surface area contributed by atoms with Gasteiger partial charge in [0.05, 0.1) is 18.2 Å². The van der Waals surface area contributed by atoms with Gasteiger partial charge in [-0.05, 0) is 37.3 Å². The van der Waals surface area contributed by atoms with Gasteiger partial charge in [0.1, 0.15) is 11.5 Å². The molecule has 188 valence electrons. The van der Waals surface area contributed by atoms with E-state index in [9.17, 15) is 18.0 Å². The molecule has 1 aromatic heterocycles. The molecule has 0 aliphatic heterocycles. The first-order valence-electron chi connectivity index (χ1n) is 11.1. The number of amides is 1. The number of alkyl halides is 3. The molecule has 11 heteroatoms. The number of nitrogens with two attached hydrogens (primary N) is 1. The Labute approximate surface area is 191 Å². The molecule has 1 aliphatic rings. The number of halogens is 3. The first-order valence-corrected chi connectivity index (χ1v) is 11.1. The van der Waals surface area contributed by atoms with Crippen molar-refractivity contribution in [3.8, 4) is 0 Å². The number of rotatable bonds is 9. The van der Waals surface area contributed by atoms with E-state index in [2.05, 4.69) is 37.3 Å². The summed E-state index contributed by atoms with van der Waals surface area (Å²) in [6.45, 7) is 7.87. The Hall–Kier alpha value is -2.40. The van der Waals surface area contributed by atoms with Crippen molar-refractivity contribution in [1.82, 2.24) is 10.5 Å². The van der Waals surface area contributed by atoms with Crippen LogP contribution in [0.4, 0.5) is 13.2 Å². The Kier molecular flexibility index (Phi) is 11.6. The van der Waals surface area contributed by atoms with Crippen LogP contribution in [0.2, 0.25) is 0 Å². The Bertz CT molecular complexity index is 790. The van der Waals surface area contributed by atoms with E-state index in [4.69, 9.17) is 24.9 Å². The summed E-state index contributed by atoms with van der Waals surface area (Å²) in [7, 11) is 0. The Balaban J connectivity index is 0.000000675. The van der Waals surface area contributed by atoms with Gasteiger partial charge in [-0.15, -0.1) is 0 Å². The van der Waals surface area contributed by atoms with Crippen LogP contribution in [0.25, 0.3) is 5.57 Å². The second-order valence-electron chi connectivity index (χ2n) is 7.91. The van der Waals surface area contributed by atoms with Gasteiger partial charge in [-0.1, -0.05) is 32.3 Å². The fourth-order valence-electron chi connectivity index (χ4n) is 3.37. The van der Waals surface area contributed by atoms with E-state index in [1.54, 1.807) is 0 Å². The minimum absolute atomic E-state index is 0.0938. The molecule has 0 saturated carbocycles. The second-order valence-corrected chi connectivity index (χ2v) is 7.91. The number of carboxylic acid groups (broad SMARTS) is 1. The molecular formula is C22H34F3N3O5. The number of carbonyl (C=O) groups is 2. The first-order chi connectivity index (χ1) is 15.4. The number of aromatic nitrogens is 1. The molecule has 0 saturated heterocycles. The monoisotopic (exact) mass is 477 g/mol. The predicted octanol–water partition coefficient (Wildman–Crippen LogP) is 3.84. The maximum absolute atomic E-state index is 11.6. The van der Waals surface area contributed by atoms with Gasteiger partial charge < -0.3 is 25.4 Å². The molecule has 1 aliphatic carbocycles. The van der Waals surface area contributed by atoms with E-state index < -0.39 is 12.1 Å². The highest BCUT2D eigenvalue weighted by atomic mass is 19.4. The summed E-state index contributed by atoms with van der Waals surface area (Å²) < 4.78 is 43.5. The lowest BCUT2D eigenvalue weighted by atomic mass is 9.86. The zero-order valence-electron chi connectivity index (χ0n) is 19.4. The van der Waals surface area contributed by atoms with Crippen LogP contribution in [-0.2, 0) is 20.7 Å². The van der Waals surface area contributed by atoms with Crippen LogP contribution < -0.4 is 11.1 Å². The molecule has 2 rings (SSSR count). The average Bonchev–Trinajstić information content (AvgIpc) is 3.21. The van der Waals surface area contributed by atoms with Gasteiger partial charge >= 0.3 is 12.1 Å². The summed E-state index contributed by atoms with van der Waals surface area (Å²) in [4.78, 5) is 20.5. The molecule has 0 unspecified atom stereocenters. The molecule has 0 spiro atoms. The molecule has 3 atom stereocenters. The molecule has 0 aromatic carbocycles. The minimum Gasteiger partial charge on any atom is -0.475 e. The van der Waals surface area contributed by atoms with Crippen molar-refractivity contribution in [3.63, 3.8) is 0 Å². The molecule has 1 heterocycles. The summed E-state index contributed by atoms with van der Waals surface area (Å²) in [5.41, 5.74) is 8.25. The van der Waals surface area contributed by atoms with Gasteiger partial charge in [0, 0.05) is 25.5 Å². The van der Waals surface area contributed by atoms with Crippen molar-refractivity contribution >= 4 is 17.4 Å². The standard InChI is InChI=1S/C20H33N3O3.C2HF3O2/c1-5-8-9-16-12-18(23-26-16)14-10-17(21)20(22-13(4)24)19(11-14)25-15(6-2)7-3;3-2(4,5)1(6)7/h11-12,15,17,19-20H,5-10,21H2,1-4H3,(H,22,24);(H,6,7)/t17-,19+,20+;/m0./s1. The topological polar surface area (TPSA) is 128 Å². The largest absolute Gasteiger partial charge is 0.490 e. The summed E-state index contributed by atoms with van der Waals surface area (Å²) in [6, 6.07) is 1.54. The van der Waals surface area contributed by atoms with Crippen molar-refractivity contribution in [2.45, 2.75) is 96.7 Å². The number of unbranched alkanes of at least 4 members (excludes halogenated alkanes) is 1. The number of aryl methyl sites for hydroxylation is 1. The van der Waals surface area contributed by atoms with E-state index >= 15 is 0 Å². The number of aliphatic carboxylic acids is 1. The van der Waals surface area contributed by atoms with Crippen LogP contribution in [0.3, 0.4) is 0 Å². The molecule has 1 aromatic rings. The Morgan fingerprint density at radius 3 is 2.42 bits per heavy atom. The summed E-state index contributed by atoms with van der Waals surface area (Å²) >= 11 is 0. The molecule has 0 radical (unpaired) electrons. The summed E-state index contributed by atoms with van der Waals surface area (Å²) in [5, 5.41) is 14.3. The van der Waals surface area contributed by atoms with Gasteiger partial charge in [0.25, 0.3) is 0 Å². The highest BCUT2D eigenvalue weighted by Crippen LogP contribution is 2.29. The van der Waals surface area contributed by atoms with Gasteiger partial charge in [0.2, 0.25) is 5.91 Å². The first kappa shape index (κ1) is 28.6. The predicted molar refractivity (Wildman–Crippen MR) is 116 cm³/mol. The normalized spacial score (nSPS) is 20.6. The van der Waals surface area contributed by atoms with Crippen LogP contribution in [0, 0.1) is 0 Å². The van der Waals surface area contributed by atoms with E-state index in [0.717, 1.165) is 49.1 Å². The fourth-order valence-corrected chi connectivity index (χ4v) is 3.37. The number of ether oxygens (including phenoxy) is 1. The van der Waals surface area contributed by atoms with Gasteiger partial charge in [-0.3, -0.25) is 4.79 Å². The molecule has 8 nitrogen and oxygen atoms in total. The smallest absolute Gasteiger partial charge is 0.475 e. The van der Waals surface area contributed by atoms with Gasteiger partial charge in [0.15, 0.2) is 0 Å². The van der Waals surface area contributed by atoms with Crippen LogP contribution in [0.5, 0.6) is 0 Å². The van der Waals surface area contributed by atoms with E-state index in [1.165, 1.54) is 6.92 Å². The quantitative estimate of drug-likeness (QED) is 0.493. The van der Waals surface area contributed by atoms with Crippen molar-refractivity contribution in [2.24, 2.45) is 5.73 Å². The fraction of sp³-hybridized carbons (Fsp3) is 0.682. The molecule has 0 fully saturated rings. The van der Waals surface area contributed by atoms with Crippen molar-refractivity contribution in [3.05, 3.63) is 23.6 Å². The van der Waals surface area contributed by atoms with Gasteiger partial charge in [-0.25, -0.2) is 4.79 Å². The number of nitrogens with one attached hydrogen (secondary N) is 1. The zero-order chi connectivity index (χ0) is 25.2. The highest BCUT2D eigenvalue weighted by Gasteiger charge is 2.38. The summed E-state index contributed by atoms with van der Waals surface area (Å²) in [6.07, 6.45) is 2.41. The number of hydrogen-bond acceptors (Lipinski definition) is 6. The SMILES string of the molecule is CCCCc1cc(C2=C[C@@H](OC(CC)CC)[C@H](NC(C)=O)[C@@H](N)C2)no1.O=C(O)C(F)(F)F. The van der Waals surface area contributed by atoms with E-state index in [0.29, 0.717) is 6.42 Å². The van der Waals surface area contributed by atoms with Crippen LogP contribution in [0.1, 0.15) is 71.3 Å². The molecule has 0 bridgehead atoms. The minimum atomic E-state index is -5.08. The third-order valence-electron chi connectivity index (χ3n) is 5.17.